The van der Waals surface area contributed by atoms with Crippen LogP contribution in [0.1, 0.15) is 19.4 Å². The molecule has 2 aromatic rings. The highest BCUT2D eigenvalue weighted by Crippen LogP contribution is 2.24. The fourth-order valence-corrected chi connectivity index (χ4v) is 5.05. The first-order valence-electron chi connectivity index (χ1n) is 11.8. The third-order valence-corrected chi connectivity index (χ3v) is 6.90. The van der Waals surface area contributed by atoms with Crippen molar-refractivity contribution in [3.8, 4) is 5.75 Å². The minimum atomic E-state index is -1.83. The van der Waals surface area contributed by atoms with E-state index < -0.39 is 48.1 Å². The zero-order valence-electron chi connectivity index (χ0n) is 20.6. The molecule has 2 aromatic carbocycles. The lowest BCUT2D eigenvalue weighted by atomic mass is 10.00. The Morgan fingerprint density at radius 3 is 2.24 bits per heavy atom. The summed E-state index contributed by atoms with van der Waals surface area (Å²) in [5.41, 5.74) is 0.739. The molecule has 3 rings (SSSR count). The molecule has 1 aliphatic rings. The first-order valence-corrected chi connectivity index (χ1v) is 13.0. The van der Waals surface area contributed by atoms with Gasteiger partial charge in [0.2, 0.25) is 11.8 Å². The molecule has 3 amide bonds. The largest absolute Gasteiger partial charge is 0.479 e. The van der Waals surface area contributed by atoms with Crippen LogP contribution in [-0.2, 0) is 20.8 Å². The van der Waals surface area contributed by atoms with E-state index in [-0.39, 0.29) is 24.0 Å². The zero-order valence-corrected chi connectivity index (χ0v) is 21.4. The highest BCUT2D eigenvalue weighted by atomic mass is 32.2. The predicted octanol–water partition coefficient (Wildman–Crippen LogP) is 1.87. The summed E-state index contributed by atoms with van der Waals surface area (Å²) in [4.78, 5) is 51.9. The first kappa shape index (κ1) is 28.0. The maximum atomic E-state index is 13.4. The van der Waals surface area contributed by atoms with Gasteiger partial charge in [0.15, 0.2) is 6.10 Å². The van der Waals surface area contributed by atoms with Gasteiger partial charge in [0.25, 0.3) is 0 Å². The lowest BCUT2D eigenvalue weighted by Crippen LogP contribution is -2.58. The van der Waals surface area contributed by atoms with Crippen molar-refractivity contribution in [2.24, 2.45) is 5.92 Å². The summed E-state index contributed by atoms with van der Waals surface area (Å²) in [5, 5.41) is 24.8. The van der Waals surface area contributed by atoms with Crippen LogP contribution in [0.5, 0.6) is 5.75 Å². The molecule has 0 aromatic heterocycles. The summed E-state index contributed by atoms with van der Waals surface area (Å²) in [7, 11) is 0. The van der Waals surface area contributed by atoms with Crippen molar-refractivity contribution in [1.29, 1.82) is 0 Å². The number of carboxylic acid groups (broad SMARTS) is 1. The number of thioether (sulfide) groups is 1. The van der Waals surface area contributed by atoms with Gasteiger partial charge in [0.05, 0.1) is 11.9 Å². The number of rotatable bonds is 10. The second-order valence-corrected chi connectivity index (χ2v) is 9.98. The molecule has 1 unspecified atom stereocenters. The summed E-state index contributed by atoms with van der Waals surface area (Å²) in [5.74, 6) is -1.96. The molecule has 0 saturated carbocycles. The average Bonchev–Trinajstić information content (AvgIpc) is 3.37. The molecule has 0 radical (unpaired) electrons. The SMILES string of the molecule is CC(C)[C@H](NC(=O)Oc1ccccc1)C(=O)N1CSC[C@H]1C(=O)N[C@@H](Cc1ccccc1)C(O)C(=O)O. The van der Waals surface area contributed by atoms with Gasteiger partial charge in [-0.15, -0.1) is 11.8 Å². The summed E-state index contributed by atoms with van der Waals surface area (Å²) in [6, 6.07) is 14.4. The monoisotopic (exact) mass is 529 g/mol. The molecule has 1 fully saturated rings. The van der Waals surface area contributed by atoms with Gasteiger partial charge in [-0.3, -0.25) is 9.59 Å². The van der Waals surface area contributed by atoms with Crippen LogP contribution in [0.15, 0.2) is 60.7 Å². The van der Waals surface area contributed by atoms with Crippen LogP contribution < -0.4 is 15.4 Å². The van der Waals surface area contributed by atoms with Gasteiger partial charge in [0, 0.05) is 5.75 Å². The number of aliphatic carboxylic acids is 1. The van der Waals surface area contributed by atoms with E-state index >= 15 is 0 Å². The quantitative estimate of drug-likeness (QED) is 0.365. The number of hydrogen-bond donors (Lipinski definition) is 4. The lowest BCUT2D eigenvalue weighted by molar-refractivity contribution is -0.149. The Balaban J connectivity index is 1.70. The Hall–Kier alpha value is -3.57. The highest BCUT2D eigenvalue weighted by molar-refractivity contribution is 7.99. The maximum Gasteiger partial charge on any atom is 0.413 e. The van der Waals surface area contributed by atoms with E-state index in [9.17, 15) is 29.4 Å². The predicted molar refractivity (Wildman–Crippen MR) is 138 cm³/mol. The topological polar surface area (TPSA) is 145 Å². The second-order valence-electron chi connectivity index (χ2n) is 8.98. The first-order chi connectivity index (χ1) is 17.7. The molecular weight excluding hydrogens is 498 g/mol. The number of carboxylic acids is 1. The van der Waals surface area contributed by atoms with Gasteiger partial charge in [0.1, 0.15) is 17.8 Å². The van der Waals surface area contributed by atoms with Crippen molar-refractivity contribution < 1.29 is 34.1 Å². The fourth-order valence-electron chi connectivity index (χ4n) is 3.88. The van der Waals surface area contributed by atoms with E-state index in [0.29, 0.717) is 5.75 Å². The Morgan fingerprint density at radius 2 is 1.65 bits per heavy atom. The summed E-state index contributed by atoms with van der Waals surface area (Å²) < 4.78 is 5.25. The van der Waals surface area contributed by atoms with Crippen LogP contribution >= 0.6 is 11.8 Å². The summed E-state index contributed by atoms with van der Waals surface area (Å²) in [6.07, 6.45) is -2.53. The number of aliphatic hydroxyl groups excluding tert-OH is 1. The standard InChI is InChI=1S/C26H31N3O7S/c1-16(2)21(28-26(35)36-18-11-7-4-8-12-18)24(32)29-15-37-14-20(29)23(31)27-19(22(30)25(33)34)13-17-9-5-3-6-10-17/h3-12,16,19-22,30H,13-15H2,1-2H3,(H,27,31)(H,28,35)(H,33,34)/t19-,20-,21-,22?/m0/s1. The number of para-hydroxylation sites is 1. The van der Waals surface area contributed by atoms with E-state index in [1.165, 1.54) is 16.7 Å². The van der Waals surface area contributed by atoms with Crippen LogP contribution in [0.2, 0.25) is 0 Å². The number of carbonyl (C=O) groups is 4. The number of carbonyl (C=O) groups excluding carboxylic acids is 3. The van der Waals surface area contributed by atoms with Crippen LogP contribution in [-0.4, -0.2) is 74.8 Å². The van der Waals surface area contributed by atoms with Crippen molar-refractivity contribution in [1.82, 2.24) is 15.5 Å². The van der Waals surface area contributed by atoms with Crippen LogP contribution in [0.3, 0.4) is 0 Å². The van der Waals surface area contributed by atoms with Crippen molar-refractivity contribution in [3.05, 3.63) is 66.2 Å². The molecule has 10 nitrogen and oxygen atoms in total. The Morgan fingerprint density at radius 1 is 1.03 bits per heavy atom. The summed E-state index contributed by atoms with van der Waals surface area (Å²) >= 11 is 1.36. The number of benzene rings is 2. The molecule has 37 heavy (non-hydrogen) atoms. The third kappa shape index (κ3) is 7.70. The molecule has 4 N–H and O–H groups in total. The van der Waals surface area contributed by atoms with E-state index in [0.717, 1.165) is 5.56 Å². The molecule has 4 atom stereocenters. The molecule has 11 heteroatoms. The van der Waals surface area contributed by atoms with Crippen LogP contribution in [0.25, 0.3) is 0 Å². The molecule has 1 saturated heterocycles. The normalized spacial score (nSPS) is 17.5. The number of nitrogens with zero attached hydrogens (tertiary/aromatic N) is 1. The van der Waals surface area contributed by atoms with Gasteiger partial charge in [-0.2, -0.15) is 0 Å². The molecule has 198 valence electrons. The van der Waals surface area contributed by atoms with Gasteiger partial charge in [-0.25, -0.2) is 9.59 Å². The molecular formula is C26H31N3O7S. The van der Waals surface area contributed by atoms with Crippen molar-refractivity contribution in [2.75, 3.05) is 11.6 Å². The van der Waals surface area contributed by atoms with Gasteiger partial charge < -0.3 is 30.5 Å². The highest BCUT2D eigenvalue weighted by Gasteiger charge is 2.40. The zero-order chi connectivity index (χ0) is 26.9. The van der Waals surface area contributed by atoms with Crippen molar-refractivity contribution in [3.63, 3.8) is 0 Å². The fraction of sp³-hybridized carbons (Fsp3) is 0.385. The Kier molecular flexibility index (Phi) is 9.93. The van der Waals surface area contributed by atoms with E-state index in [4.69, 9.17) is 4.74 Å². The third-order valence-electron chi connectivity index (χ3n) is 5.89. The van der Waals surface area contributed by atoms with Gasteiger partial charge >= 0.3 is 12.1 Å². The Bertz CT molecular complexity index is 1080. The number of ether oxygens (including phenoxy) is 1. The van der Waals surface area contributed by atoms with Crippen molar-refractivity contribution >= 4 is 35.6 Å². The van der Waals surface area contributed by atoms with E-state index in [2.05, 4.69) is 10.6 Å². The molecule has 0 bridgehead atoms. The molecule has 1 aliphatic heterocycles. The smallest absolute Gasteiger partial charge is 0.413 e. The lowest BCUT2D eigenvalue weighted by Gasteiger charge is -2.31. The van der Waals surface area contributed by atoms with Gasteiger partial charge in [-0.1, -0.05) is 62.4 Å². The average molecular weight is 530 g/mol. The number of hydrogen-bond acceptors (Lipinski definition) is 7. The minimum Gasteiger partial charge on any atom is -0.479 e. The maximum absolute atomic E-state index is 13.4. The van der Waals surface area contributed by atoms with E-state index in [1.54, 1.807) is 74.5 Å². The van der Waals surface area contributed by atoms with Gasteiger partial charge in [-0.05, 0) is 30.0 Å². The number of amides is 3. The molecule has 0 spiro atoms. The summed E-state index contributed by atoms with van der Waals surface area (Å²) in [6.45, 7) is 3.53. The van der Waals surface area contributed by atoms with Crippen molar-refractivity contribution in [2.45, 2.75) is 44.5 Å². The second kappa shape index (κ2) is 13.1. The van der Waals surface area contributed by atoms with E-state index in [1.807, 2.05) is 0 Å². The van der Waals surface area contributed by atoms with Crippen LogP contribution in [0.4, 0.5) is 4.79 Å². The molecule has 1 heterocycles. The number of nitrogens with one attached hydrogen (secondary N) is 2. The molecule has 0 aliphatic carbocycles. The minimum absolute atomic E-state index is 0.0926. The van der Waals surface area contributed by atoms with Crippen LogP contribution in [0, 0.1) is 5.92 Å². The Labute approximate surface area is 219 Å². The number of aliphatic hydroxyl groups is 1.